The SMILES string of the molecule is CNC(c1ccc(Br)o1)c1cc(C)ccc1C. The smallest absolute Gasteiger partial charge is 0.169 e. The highest BCUT2D eigenvalue weighted by Gasteiger charge is 2.17. The predicted molar refractivity (Wildman–Crippen MR) is 73.2 cm³/mol. The van der Waals surface area contributed by atoms with Crippen LogP contribution in [0.3, 0.4) is 0 Å². The van der Waals surface area contributed by atoms with Gasteiger partial charge in [-0.1, -0.05) is 23.8 Å². The first-order chi connectivity index (χ1) is 8.11. The molecule has 2 nitrogen and oxygen atoms in total. The molecule has 0 aliphatic carbocycles. The number of halogens is 1. The van der Waals surface area contributed by atoms with Gasteiger partial charge in [0.05, 0.1) is 6.04 Å². The zero-order valence-electron chi connectivity index (χ0n) is 10.3. The molecule has 1 aromatic carbocycles. The van der Waals surface area contributed by atoms with E-state index in [1.54, 1.807) is 0 Å². The zero-order chi connectivity index (χ0) is 12.4. The van der Waals surface area contributed by atoms with E-state index in [9.17, 15) is 0 Å². The van der Waals surface area contributed by atoms with E-state index in [2.05, 4.69) is 53.3 Å². The van der Waals surface area contributed by atoms with E-state index in [0.29, 0.717) is 0 Å². The van der Waals surface area contributed by atoms with Crippen molar-refractivity contribution in [1.29, 1.82) is 0 Å². The van der Waals surface area contributed by atoms with E-state index in [0.717, 1.165) is 10.4 Å². The number of benzene rings is 1. The zero-order valence-corrected chi connectivity index (χ0v) is 11.8. The fourth-order valence-electron chi connectivity index (χ4n) is 2.01. The first-order valence-electron chi connectivity index (χ1n) is 5.61. The van der Waals surface area contributed by atoms with Crippen LogP contribution < -0.4 is 5.32 Å². The van der Waals surface area contributed by atoms with Crippen LogP contribution in [0.5, 0.6) is 0 Å². The Kier molecular flexibility index (Phi) is 3.69. The van der Waals surface area contributed by atoms with Crippen molar-refractivity contribution in [1.82, 2.24) is 5.32 Å². The van der Waals surface area contributed by atoms with Crippen LogP contribution in [0.1, 0.15) is 28.5 Å². The van der Waals surface area contributed by atoms with Crippen LogP contribution in [-0.2, 0) is 0 Å². The van der Waals surface area contributed by atoms with Gasteiger partial charge < -0.3 is 9.73 Å². The number of furan rings is 1. The van der Waals surface area contributed by atoms with Gasteiger partial charge in [-0.2, -0.15) is 0 Å². The average molecular weight is 294 g/mol. The normalized spacial score (nSPS) is 12.7. The van der Waals surface area contributed by atoms with Crippen LogP contribution in [0.4, 0.5) is 0 Å². The maximum absolute atomic E-state index is 5.64. The highest BCUT2D eigenvalue weighted by molar-refractivity contribution is 9.10. The topological polar surface area (TPSA) is 25.2 Å². The third-order valence-electron chi connectivity index (χ3n) is 2.91. The minimum atomic E-state index is 0.0983. The molecule has 0 bridgehead atoms. The third-order valence-corrected chi connectivity index (χ3v) is 3.34. The van der Waals surface area contributed by atoms with Gasteiger partial charge in [0.1, 0.15) is 5.76 Å². The molecule has 1 N–H and O–H groups in total. The van der Waals surface area contributed by atoms with Gasteiger partial charge in [-0.3, -0.25) is 0 Å². The summed E-state index contributed by atoms with van der Waals surface area (Å²) in [6, 6.07) is 10.5. The lowest BCUT2D eigenvalue weighted by molar-refractivity contribution is 0.446. The number of hydrogen-bond acceptors (Lipinski definition) is 2. The van der Waals surface area contributed by atoms with Crippen molar-refractivity contribution in [2.24, 2.45) is 0 Å². The van der Waals surface area contributed by atoms with Crippen molar-refractivity contribution >= 4 is 15.9 Å². The lowest BCUT2D eigenvalue weighted by atomic mass is 9.97. The molecule has 0 radical (unpaired) electrons. The maximum atomic E-state index is 5.64. The van der Waals surface area contributed by atoms with Crippen LogP contribution in [0.15, 0.2) is 39.4 Å². The molecular formula is C14H16BrNO. The summed E-state index contributed by atoms with van der Waals surface area (Å²) >= 11 is 3.34. The molecule has 0 aliphatic rings. The summed E-state index contributed by atoms with van der Waals surface area (Å²) < 4.78 is 6.40. The van der Waals surface area contributed by atoms with Gasteiger partial charge in [0.2, 0.25) is 0 Å². The van der Waals surface area contributed by atoms with Gasteiger partial charge >= 0.3 is 0 Å². The minimum absolute atomic E-state index is 0.0983. The van der Waals surface area contributed by atoms with Gasteiger partial charge in [-0.15, -0.1) is 0 Å². The van der Waals surface area contributed by atoms with E-state index < -0.39 is 0 Å². The fourth-order valence-corrected chi connectivity index (χ4v) is 2.32. The van der Waals surface area contributed by atoms with E-state index >= 15 is 0 Å². The van der Waals surface area contributed by atoms with Crippen molar-refractivity contribution in [3.63, 3.8) is 0 Å². The second kappa shape index (κ2) is 5.07. The van der Waals surface area contributed by atoms with Crippen molar-refractivity contribution < 1.29 is 4.42 Å². The molecule has 0 spiro atoms. The first kappa shape index (κ1) is 12.4. The summed E-state index contributed by atoms with van der Waals surface area (Å²) in [5.74, 6) is 0.924. The van der Waals surface area contributed by atoms with Crippen molar-refractivity contribution in [2.45, 2.75) is 19.9 Å². The Labute approximate surface area is 110 Å². The second-order valence-corrected chi connectivity index (χ2v) is 5.01. The molecule has 0 aliphatic heterocycles. The van der Waals surface area contributed by atoms with E-state index in [-0.39, 0.29) is 6.04 Å². The molecule has 0 saturated heterocycles. The molecule has 0 fully saturated rings. The van der Waals surface area contributed by atoms with Crippen LogP contribution in [0, 0.1) is 13.8 Å². The number of nitrogens with one attached hydrogen (secondary N) is 1. The Morgan fingerprint density at radius 1 is 1.18 bits per heavy atom. The van der Waals surface area contributed by atoms with Gasteiger partial charge in [0.25, 0.3) is 0 Å². The number of rotatable bonds is 3. The molecular weight excluding hydrogens is 278 g/mol. The standard InChI is InChI=1S/C14H16BrNO/c1-9-4-5-10(2)11(8-9)14(16-3)12-6-7-13(15)17-12/h4-8,14,16H,1-3H3. The summed E-state index contributed by atoms with van der Waals surface area (Å²) in [5.41, 5.74) is 3.79. The molecule has 0 saturated carbocycles. The van der Waals surface area contributed by atoms with Gasteiger partial charge in [-0.05, 0) is 60.1 Å². The summed E-state index contributed by atoms with van der Waals surface area (Å²) in [6.45, 7) is 4.23. The fraction of sp³-hybridized carbons (Fsp3) is 0.286. The average Bonchev–Trinajstić information content (AvgIpc) is 2.71. The Hall–Kier alpha value is -1.06. The quantitative estimate of drug-likeness (QED) is 0.926. The molecule has 1 heterocycles. The lowest BCUT2D eigenvalue weighted by Crippen LogP contribution is -2.18. The molecule has 90 valence electrons. The molecule has 1 unspecified atom stereocenters. The van der Waals surface area contributed by atoms with Crippen LogP contribution in [-0.4, -0.2) is 7.05 Å². The van der Waals surface area contributed by atoms with E-state index in [4.69, 9.17) is 4.42 Å². The Bertz CT molecular complexity index is 519. The molecule has 1 aromatic heterocycles. The highest BCUT2D eigenvalue weighted by Crippen LogP contribution is 2.28. The third kappa shape index (κ3) is 2.61. The van der Waals surface area contributed by atoms with Gasteiger partial charge in [0.15, 0.2) is 4.67 Å². The number of hydrogen-bond donors (Lipinski definition) is 1. The lowest BCUT2D eigenvalue weighted by Gasteiger charge is -2.17. The van der Waals surface area contributed by atoms with Crippen LogP contribution in [0.25, 0.3) is 0 Å². The first-order valence-corrected chi connectivity index (χ1v) is 6.40. The summed E-state index contributed by atoms with van der Waals surface area (Å²) in [4.78, 5) is 0. The summed E-state index contributed by atoms with van der Waals surface area (Å²) in [6.07, 6.45) is 0. The summed E-state index contributed by atoms with van der Waals surface area (Å²) in [5, 5.41) is 3.30. The van der Waals surface area contributed by atoms with Crippen LogP contribution in [0.2, 0.25) is 0 Å². The molecule has 17 heavy (non-hydrogen) atoms. The van der Waals surface area contributed by atoms with E-state index in [1.165, 1.54) is 16.7 Å². The van der Waals surface area contributed by atoms with E-state index in [1.807, 2.05) is 19.2 Å². The molecule has 2 aromatic rings. The van der Waals surface area contributed by atoms with Crippen LogP contribution >= 0.6 is 15.9 Å². The van der Waals surface area contributed by atoms with Crippen molar-refractivity contribution in [2.75, 3.05) is 7.05 Å². The minimum Gasteiger partial charge on any atom is -0.452 e. The Morgan fingerprint density at radius 2 is 1.94 bits per heavy atom. The predicted octanol–water partition coefficient (Wildman–Crippen LogP) is 3.97. The molecule has 2 rings (SSSR count). The van der Waals surface area contributed by atoms with Crippen molar-refractivity contribution in [3.05, 3.63) is 57.5 Å². The van der Waals surface area contributed by atoms with Gasteiger partial charge in [-0.25, -0.2) is 0 Å². The largest absolute Gasteiger partial charge is 0.452 e. The maximum Gasteiger partial charge on any atom is 0.169 e. The highest BCUT2D eigenvalue weighted by atomic mass is 79.9. The molecule has 3 heteroatoms. The number of aryl methyl sites for hydroxylation is 2. The Morgan fingerprint density at radius 3 is 2.53 bits per heavy atom. The van der Waals surface area contributed by atoms with Crippen molar-refractivity contribution in [3.8, 4) is 0 Å². The Balaban J connectivity index is 2.45. The van der Waals surface area contributed by atoms with Gasteiger partial charge in [0, 0.05) is 0 Å². The molecule has 1 atom stereocenters. The molecule has 0 amide bonds. The summed E-state index contributed by atoms with van der Waals surface area (Å²) in [7, 11) is 1.95. The monoisotopic (exact) mass is 293 g/mol. The second-order valence-electron chi connectivity index (χ2n) is 4.22.